The van der Waals surface area contributed by atoms with Gasteiger partial charge in [-0.3, -0.25) is 10.1 Å². The van der Waals surface area contributed by atoms with Gasteiger partial charge in [-0.05, 0) is 55.7 Å². The third-order valence-electron chi connectivity index (χ3n) is 6.24. The largest absolute Gasteiger partial charge is 0.436 e. The molecule has 5 rings (SSSR count). The fraction of sp³-hybridized carbons (Fsp3) is 0.261. The van der Waals surface area contributed by atoms with Crippen LogP contribution in [0.1, 0.15) is 34.3 Å². The van der Waals surface area contributed by atoms with Crippen LogP contribution in [-0.4, -0.2) is 39.8 Å². The number of anilines is 2. The van der Waals surface area contributed by atoms with Gasteiger partial charge in [-0.15, -0.1) is 0 Å². The number of piperidine rings is 1. The van der Waals surface area contributed by atoms with E-state index in [-0.39, 0.29) is 34.2 Å². The first-order valence-corrected chi connectivity index (χ1v) is 11.0. The number of hydrogen-bond donors (Lipinski definition) is 2. The monoisotopic (exact) mass is 487 g/mol. The molecule has 3 heterocycles. The van der Waals surface area contributed by atoms with Crippen LogP contribution < -0.4 is 11.1 Å². The van der Waals surface area contributed by atoms with E-state index in [9.17, 15) is 14.0 Å². The molecule has 11 heteroatoms. The van der Waals surface area contributed by atoms with Crippen LogP contribution in [0.4, 0.5) is 25.1 Å². The maximum atomic E-state index is 15.1. The zero-order valence-corrected chi connectivity index (χ0v) is 18.8. The van der Waals surface area contributed by atoms with Crippen molar-refractivity contribution >= 4 is 35.1 Å². The van der Waals surface area contributed by atoms with Crippen molar-refractivity contribution in [2.45, 2.75) is 25.4 Å². The first-order chi connectivity index (χ1) is 16.2. The Hall–Kier alpha value is -3.66. The van der Waals surface area contributed by atoms with E-state index >= 15 is 4.39 Å². The van der Waals surface area contributed by atoms with Crippen LogP contribution in [0, 0.1) is 18.6 Å². The first kappa shape index (κ1) is 22.1. The smallest absolute Gasteiger partial charge is 0.412 e. The Bertz CT molecular complexity index is 1340. The highest BCUT2D eigenvalue weighted by atomic mass is 35.5. The summed E-state index contributed by atoms with van der Waals surface area (Å²) in [4.78, 5) is 27.2. The number of benzene rings is 2. The summed E-state index contributed by atoms with van der Waals surface area (Å²) in [5.41, 5.74) is 6.49. The number of carbonyl (C=O) groups excluding carboxylic acids is 2. The van der Waals surface area contributed by atoms with Crippen molar-refractivity contribution in [3.63, 3.8) is 0 Å². The number of halogens is 3. The zero-order valence-electron chi connectivity index (χ0n) is 18.1. The molecule has 8 nitrogen and oxygen atoms in total. The lowest BCUT2D eigenvalue weighted by Crippen LogP contribution is -2.53. The number of amides is 2. The maximum absolute atomic E-state index is 15.1. The Labute approximate surface area is 198 Å². The molecule has 0 unspecified atom stereocenters. The van der Waals surface area contributed by atoms with Gasteiger partial charge in [0.05, 0.1) is 34.7 Å². The van der Waals surface area contributed by atoms with Crippen LogP contribution in [-0.2, 0) is 10.3 Å². The van der Waals surface area contributed by atoms with E-state index in [4.69, 9.17) is 22.1 Å². The lowest BCUT2D eigenvalue weighted by atomic mass is 9.83. The lowest BCUT2D eigenvalue weighted by Gasteiger charge is -2.45. The summed E-state index contributed by atoms with van der Waals surface area (Å²) in [5.74, 6) is -1.46. The molecule has 0 aliphatic carbocycles. The summed E-state index contributed by atoms with van der Waals surface area (Å²) in [7, 11) is 0. The van der Waals surface area contributed by atoms with Crippen LogP contribution in [0.25, 0.3) is 5.69 Å². The highest BCUT2D eigenvalue weighted by Crippen LogP contribution is 2.45. The molecule has 0 radical (unpaired) electrons. The Morgan fingerprint density at radius 2 is 2.09 bits per heavy atom. The molecule has 1 saturated heterocycles. The molecule has 3 aromatic rings. The maximum Gasteiger partial charge on any atom is 0.412 e. The van der Waals surface area contributed by atoms with Gasteiger partial charge in [0.2, 0.25) is 0 Å². The normalized spacial score (nSPS) is 19.5. The van der Waals surface area contributed by atoms with Gasteiger partial charge in [0, 0.05) is 6.54 Å². The van der Waals surface area contributed by atoms with Crippen molar-refractivity contribution in [1.29, 1.82) is 0 Å². The molecule has 2 aromatic carbocycles. The summed E-state index contributed by atoms with van der Waals surface area (Å²) in [6.45, 7) is 1.98. The topological polar surface area (TPSA) is 102 Å². The fourth-order valence-corrected chi connectivity index (χ4v) is 4.85. The molecule has 0 bridgehead atoms. The molecule has 2 amide bonds. The molecule has 2 aliphatic rings. The molecular formula is C23H20ClF2N5O3. The van der Waals surface area contributed by atoms with E-state index in [0.29, 0.717) is 30.6 Å². The third kappa shape index (κ3) is 3.45. The standard InChI is InChI=1S/C23H20ClF2N5O3/c1-12-9-13(25)3-6-17(12)31-20(27)14(10-28-31)21(32)30-8-2-7-23(11-30)18-16(29-22(33)34-23)5-4-15(24)19(18)26/h3-6,9-10H,2,7-8,11,27H2,1H3,(H,29,33)/t23-/m0/s1. The number of carbonyl (C=O) groups is 2. The van der Waals surface area contributed by atoms with Crippen LogP contribution in [0.2, 0.25) is 5.02 Å². The predicted octanol–water partition coefficient (Wildman–Crippen LogP) is 4.39. The van der Waals surface area contributed by atoms with Gasteiger partial charge in [0.25, 0.3) is 5.91 Å². The molecule has 176 valence electrons. The number of ether oxygens (including phenoxy) is 1. The van der Waals surface area contributed by atoms with E-state index < -0.39 is 29.2 Å². The number of aryl methyl sites for hydroxylation is 1. The molecular weight excluding hydrogens is 468 g/mol. The highest BCUT2D eigenvalue weighted by molar-refractivity contribution is 6.31. The van der Waals surface area contributed by atoms with E-state index in [1.807, 2.05) is 0 Å². The minimum absolute atomic E-state index is 0.0797. The summed E-state index contributed by atoms with van der Waals surface area (Å²) in [5, 5.41) is 6.60. The van der Waals surface area contributed by atoms with Crippen LogP contribution in [0.15, 0.2) is 36.5 Å². The van der Waals surface area contributed by atoms with Crippen molar-refractivity contribution in [1.82, 2.24) is 14.7 Å². The summed E-state index contributed by atoms with van der Waals surface area (Å²) in [6.07, 6.45) is 1.37. The molecule has 1 spiro atoms. The van der Waals surface area contributed by atoms with Gasteiger partial charge in [0.15, 0.2) is 11.4 Å². The Balaban J connectivity index is 1.49. The van der Waals surface area contributed by atoms with Crippen molar-refractivity contribution in [2.75, 3.05) is 24.1 Å². The number of nitrogen functional groups attached to an aromatic ring is 1. The SMILES string of the molecule is Cc1cc(F)ccc1-n1ncc(C(=O)N2CCC[C@@]3(C2)OC(=O)Nc2ccc(Cl)c(F)c23)c1N. The van der Waals surface area contributed by atoms with Crippen molar-refractivity contribution < 1.29 is 23.1 Å². The second kappa shape index (κ2) is 7.98. The predicted molar refractivity (Wildman–Crippen MR) is 121 cm³/mol. The van der Waals surface area contributed by atoms with Gasteiger partial charge in [-0.1, -0.05) is 11.6 Å². The molecule has 34 heavy (non-hydrogen) atoms. The van der Waals surface area contributed by atoms with E-state index in [2.05, 4.69) is 10.4 Å². The molecule has 1 atom stereocenters. The Morgan fingerprint density at radius 3 is 2.85 bits per heavy atom. The number of nitrogens with one attached hydrogen (secondary N) is 1. The Kier molecular flexibility index (Phi) is 5.20. The molecule has 2 aliphatic heterocycles. The van der Waals surface area contributed by atoms with Crippen LogP contribution >= 0.6 is 11.6 Å². The quantitative estimate of drug-likeness (QED) is 0.558. The van der Waals surface area contributed by atoms with E-state index in [1.165, 1.54) is 46.1 Å². The molecule has 1 aromatic heterocycles. The summed E-state index contributed by atoms with van der Waals surface area (Å²) >= 11 is 6.01. The minimum atomic E-state index is -1.39. The second-order valence-corrected chi connectivity index (χ2v) is 8.82. The summed E-state index contributed by atoms with van der Waals surface area (Å²) in [6, 6.07) is 7.01. The average molecular weight is 488 g/mol. The fourth-order valence-electron chi connectivity index (χ4n) is 4.69. The van der Waals surface area contributed by atoms with Gasteiger partial charge in [0.1, 0.15) is 17.2 Å². The highest BCUT2D eigenvalue weighted by Gasteiger charge is 2.48. The van der Waals surface area contributed by atoms with Crippen LogP contribution in [0.5, 0.6) is 0 Å². The second-order valence-electron chi connectivity index (χ2n) is 8.41. The van der Waals surface area contributed by atoms with E-state index in [1.54, 1.807) is 6.92 Å². The number of hydrogen-bond acceptors (Lipinski definition) is 5. The van der Waals surface area contributed by atoms with Gasteiger partial charge in [-0.25, -0.2) is 18.3 Å². The number of fused-ring (bicyclic) bond motifs is 2. The number of likely N-dealkylation sites (tertiary alicyclic amines) is 1. The zero-order chi connectivity index (χ0) is 24.2. The van der Waals surface area contributed by atoms with Crippen LogP contribution in [0.3, 0.4) is 0 Å². The average Bonchev–Trinajstić information content (AvgIpc) is 3.16. The van der Waals surface area contributed by atoms with Crippen molar-refractivity contribution in [3.05, 3.63) is 69.9 Å². The number of nitrogens with zero attached hydrogens (tertiary/aromatic N) is 3. The number of rotatable bonds is 2. The van der Waals surface area contributed by atoms with E-state index in [0.717, 1.165) is 0 Å². The Morgan fingerprint density at radius 1 is 1.29 bits per heavy atom. The number of aromatic nitrogens is 2. The molecule has 1 fully saturated rings. The van der Waals surface area contributed by atoms with Gasteiger partial charge in [-0.2, -0.15) is 5.10 Å². The number of nitrogens with two attached hydrogens (primary N) is 1. The van der Waals surface area contributed by atoms with Crippen molar-refractivity contribution in [2.24, 2.45) is 0 Å². The molecule has 0 saturated carbocycles. The lowest BCUT2D eigenvalue weighted by molar-refractivity contribution is -0.0418. The third-order valence-corrected chi connectivity index (χ3v) is 6.53. The first-order valence-electron chi connectivity index (χ1n) is 10.6. The van der Waals surface area contributed by atoms with Gasteiger partial charge < -0.3 is 15.4 Å². The van der Waals surface area contributed by atoms with Gasteiger partial charge >= 0.3 is 6.09 Å². The molecule has 3 N–H and O–H groups in total. The van der Waals surface area contributed by atoms with Crippen molar-refractivity contribution in [3.8, 4) is 5.69 Å². The minimum Gasteiger partial charge on any atom is -0.436 e. The summed E-state index contributed by atoms with van der Waals surface area (Å²) < 4.78 is 35.5.